The number of aromatic nitrogens is 4. The monoisotopic (exact) mass is 617 g/mol. The van der Waals surface area contributed by atoms with Crippen LogP contribution in [-0.4, -0.2) is 79.5 Å². The Morgan fingerprint density at radius 3 is 2.24 bits per heavy atom. The van der Waals surface area contributed by atoms with Gasteiger partial charge in [-0.15, -0.1) is 0 Å². The fourth-order valence-corrected chi connectivity index (χ4v) is 5.68. The number of benzene rings is 2. The highest BCUT2D eigenvalue weighted by Crippen LogP contribution is 2.34. The number of anilines is 2. The lowest BCUT2D eigenvalue weighted by molar-refractivity contribution is -0.163. The molecule has 0 bridgehead atoms. The molecule has 2 unspecified atom stereocenters. The quantitative estimate of drug-likeness (QED) is 0.154. The Bertz CT molecular complexity index is 1500. The van der Waals surface area contributed by atoms with Crippen LogP contribution in [0, 0.1) is 0 Å². The number of rotatable bonds is 14. The summed E-state index contributed by atoms with van der Waals surface area (Å²) in [6.07, 6.45) is 12.6. The number of hydrogen-bond acceptors (Lipinski definition) is 10. The lowest BCUT2D eigenvalue weighted by Crippen LogP contribution is -2.25. The Hall–Kier alpha value is -3.77. The van der Waals surface area contributed by atoms with Gasteiger partial charge >= 0.3 is 0 Å². The summed E-state index contributed by atoms with van der Waals surface area (Å²) >= 11 is 0. The van der Waals surface area contributed by atoms with E-state index in [4.69, 9.17) is 38.4 Å². The molecule has 0 N–H and O–H groups in total. The molecule has 0 radical (unpaired) electrons. The molecule has 2 aromatic carbocycles. The highest BCUT2D eigenvalue weighted by molar-refractivity contribution is 5.82. The van der Waals surface area contributed by atoms with Gasteiger partial charge in [0.2, 0.25) is 0 Å². The predicted octanol–water partition coefficient (Wildman–Crippen LogP) is 6.13. The zero-order chi connectivity index (χ0) is 30.8. The summed E-state index contributed by atoms with van der Waals surface area (Å²) in [5, 5.41) is 4.52. The molecule has 11 nitrogen and oxygen atoms in total. The summed E-state index contributed by atoms with van der Waals surface area (Å²) in [5.74, 6) is 1.44. The molecule has 2 aliphatic heterocycles. The van der Waals surface area contributed by atoms with Gasteiger partial charge in [0.25, 0.3) is 0 Å². The standard InChI is InChI=1S/C34H43N5O6/c1-40-28-18-27(19-29(21-28)41-2)39(12-7-16-44-33-8-3-5-14-42-33)26-10-11-30-31(20-26)37-32(23-35-30)25-22-36-38(24-25)13-17-45-34-9-4-6-15-43-34/h10-11,18-24,33-34H,3-9,12-17H2,1-2H3. The minimum absolute atomic E-state index is 0.106. The van der Waals surface area contributed by atoms with Gasteiger partial charge in [0, 0.05) is 61.1 Å². The van der Waals surface area contributed by atoms with E-state index in [1.165, 1.54) is 0 Å². The maximum Gasteiger partial charge on any atom is 0.157 e. The van der Waals surface area contributed by atoms with Crippen LogP contribution in [0.5, 0.6) is 11.5 Å². The number of hydrogen-bond donors (Lipinski definition) is 0. The van der Waals surface area contributed by atoms with Crippen molar-refractivity contribution in [1.29, 1.82) is 0 Å². The van der Waals surface area contributed by atoms with Crippen molar-refractivity contribution in [1.82, 2.24) is 19.7 Å². The van der Waals surface area contributed by atoms with Gasteiger partial charge in [-0.25, -0.2) is 4.98 Å². The summed E-state index contributed by atoms with van der Waals surface area (Å²) in [4.78, 5) is 11.9. The maximum absolute atomic E-state index is 6.04. The molecule has 11 heteroatoms. The number of ether oxygens (including phenoxy) is 6. The summed E-state index contributed by atoms with van der Waals surface area (Å²) in [6.45, 7) is 4.04. The maximum atomic E-state index is 6.04. The second kappa shape index (κ2) is 15.5. The molecule has 0 saturated carbocycles. The molecule has 0 amide bonds. The molecule has 2 saturated heterocycles. The van der Waals surface area contributed by atoms with Crippen LogP contribution in [0.2, 0.25) is 0 Å². The van der Waals surface area contributed by atoms with Gasteiger partial charge in [-0.1, -0.05) is 0 Å². The SMILES string of the molecule is COc1cc(OC)cc(N(CCCOC2CCCCO2)c2ccc3ncc(-c4cnn(CCOC5CCCCO5)c4)nc3c2)c1. The van der Waals surface area contributed by atoms with Crippen LogP contribution in [0.25, 0.3) is 22.3 Å². The molecule has 0 spiro atoms. The highest BCUT2D eigenvalue weighted by Gasteiger charge is 2.18. The first-order valence-corrected chi connectivity index (χ1v) is 15.9. The van der Waals surface area contributed by atoms with Crippen LogP contribution in [0.4, 0.5) is 11.4 Å². The van der Waals surface area contributed by atoms with Crippen molar-refractivity contribution >= 4 is 22.4 Å². The van der Waals surface area contributed by atoms with E-state index in [1.807, 2.05) is 41.3 Å². The van der Waals surface area contributed by atoms with Gasteiger partial charge < -0.3 is 33.3 Å². The van der Waals surface area contributed by atoms with Gasteiger partial charge in [0.05, 0.1) is 63.1 Å². The van der Waals surface area contributed by atoms with E-state index < -0.39 is 0 Å². The molecule has 2 fully saturated rings. The minimum Gasteiger partial charge on any atom is -0.497 e. The Kier molecular flexibility index (Phi) is 10.7. The highest BCUT2D eigenvalue weighted by atomic mass is 16.7. The predicted molar refractivity (Wildman–Crippen MR) is 171 cm³/mol. The van der Waals surface area contributed by atoms with E-state index >= 15 is 0 Å². The third-order valence-corrected chi connectivity index (χ3v) is 8.14. The van der Waals surface area contributed by atoms with Crippen LogP contribution in [0.1, 0.15) is 44.9 Å². The van der Waals surface area contributed by atoms with Crippen LogP contribution < -0.4 is 14.4 Å². The van der Waals surface area contributed by atoms with Crippen molar-refractivity contribution < 1.29 is 28.4 Å². The van der Waals surface area contributed by atoms with Crippen LogP contribution in [0.15, 0.2) is 55.0 Å². The number of methoxy groups -OCH3 is 2. The zero-order valence-electron chi connectivity index (χ0n) is 26.2. The second-order valence-corrected chi connectivity index (χ2v) is 11.3. The zero-order valence-corrected chi connectivity index (χ0v) is 26.2. The van der Waals surface area contributed by atoms with Crippen LogP contribution in [0.3, 0.4) is 0 Å². The number of nitrogens with zero attached hydrogens (tertiary/aromatic N) is 5. The molecular formula is C34H43N5O6. The minimum atomic E-state index is -0.110. The van der Waals surface area contributed by atoms with Gasteiger partial charge in [0.15, 0.2) is 12.6 Å². The molecule has 45 heavy (non-hydrogen) atoms. The molecule has 4 heterocycles. The normalized spacial score (nSPS) is 18.6. The fraction of sp³-hybridized carbons (Fsp3) is 0.500. The van der Waals surface area contributed by atoms with Gasteiger partial charge in [-0.2, -0.15) is 5.10 Å². The van der Waals surface area contributed by atoms with E-state index in [-0.39, 0.29) is 12.6 Å². The van der Waals surface area contributed by atoms with E-state index in [0.717, 1.165) is 103 Å². The third kappa shape index (κ3) is 8.29. The van der Waals surface area contributed by atoms with Crippen molar-refractivity contribution in [3.05, 3.63) is 55.0 Å². The smallest absolute Gasteiger partial charge is 0.157 e. The van der Waals surface area contributed by atoms with Crippen molar-refractivity contribution in [3.63, 3.8) is 0 Å². The van der Waals surface area contributed by atoms with Gasteiger partial charge in [-0.05, 0) is 63.1 Å². The van der Waals surface area contributed by atoms with Crippen LogP contribution in [-0.2, 0) is 25.5 Å². The lowest BCUT2D eigenvalue weighted by Gasteiger charge is -2.27. The topological polar surface area (TPSA) is 102 Å². The van der Waals surface area contributed by atoms with Crippen molar-refractivity contribution in [3.8, 4) is 22.8 Å². The largest absolute Gasteiger partial charge is 0.497 e. The second-order valence-electron chi connectivity index (χ2n) is 11.3. The third-order valence-electron chi connectivity index (χ3n) is 8.14. The summed E-state index contributed by atoms with van der Waals surface area (Å²) in [5.41, 5.74) is 5.21. The van der Waals surface area contributed by atoms with Crippen molar-refractivity contribution in [2.24, 2.45) is 0 Å². The van der Waals surface area contributed by atoms with Crippen molar-refractivity contribution in [2.45, 2.75) is 64.1 Å². The summed E-state index contributed by atoms with van der Waals surface area (Å²) < 4.78 is 36.4. The molecule has 4 aromatic rings. The van der Waals surface area contributed by atoms with Gasteiger partial charge in [0.1, 0.15) is 11.5 Å². The Balaban J connectivity index is 1.19. The summed E-state index contributed by atoms with van der Waals surface area (Å²) in [6, 6.07) is 12.1. The van der Waals surface area contributed by atoms with E-state index in [9.17, 15) is 0 Å². The number of fused-ring (bicyclic) bond motifs is 1. The van der Waals surface area contributed by atoms with Gasteiger partial charge in [-0.3, -0.25) is 9.67 Å². The molecular weight excluding hydrogens is 574 g/mol. The average Bonchev–Trinajstić information content (AvgIpc) is 3.57. The first-order valence-electron chi connectivity index (χ1n) is 15.9. The molecule has 2 aliphatic rings. The first-order chi connectivity index (χ1) is 22.2. The van der Waals surface area contributed by atoms with E-state index in [1.54, 1.807) is 20.4 Å². The fourth-order valence-electron chi connectivity index (χ4n) is 5.68. The Morgan fingerprint density at radius 1 is 0.822 bits per heavy atom. The van der Waals surface area contributed by atoms with Crippen molar-refractivity contribution in [2.75, 3.05) is 52.1 Å². The average molecular weight is 618 g/mol. The molecule has 0 aliphatic carbocycles. The molecule has 2 atom stereocenters. The Morgan fingerprint density at radius 2 is 1.56 bits per heavy atom. The molecule has 240 valence electrons. The lowest BCUT2D eigenvalue weighted by atomic mass is 10.1. The molecule has 6 rings (SSSR count). The van der Waals surface area contributed by atoms with E-state index in [0.29, 0.717) is 26.3 Å². The molecule has 2 aromatic heterocycles. The first kappa shape index (κ1) is 31.2. The summed E-state index contributed by atoms with van der Waals surface area (Å²) in [7, 11) is 3.32. The van der Waals surface area contributed by atoms with E-state index in [2.05, 4.69) is 22.1 Å². The Labute approximate surface area is 264 Å². The van der Waals surface area contributed by atoms with Crippen LogP contribution >= 0.6 is 0 Å².